The molecule has 0 saturated carbocycles. The lowest BCUT2D eigenvalue weighted by Crippen LogP contribution is -2.15. The maximum atomic E-state index is 13.5. The van der Waals surface area contributed by atoms with Gasteiger partial charge in [0.25, 0.3) is 0 Å². The number of nitrogens with two attached hydrogens (primary N) is 1. The van der Waals surface area contributed by atoms with Crippen molar-refractivity contribution in [2.75, 3.05) is 0 Å². The zero-order valence-corrected chi connectivity index (χ0v) is 10.9. The van der Waals surface area contributed by atoms with Gasteiger partial charge in [0, 0.05) is 11.6 Å². The first kappa shape index (κ1) is 17.2. The van der Waals surface area contributed by atoms with E-state index in [0.717, 1.165) is 12.1 Å². The Labute approximate surface area is 110 Å². The number of benzene rings is 1. The Morgan fingerprint density at radius 1 is 1.22 bits per heavy atom. The van der Waals surface area contributed by atoms with Crippen LogP contribution in [0.1, 0.15) is 37.4 Å². The van der Waals surface area contributed by atoms with Gasteiger partial charge < -0.3 is 5.73 Å². The molecule has 2 N–H and O–H groups in total. The van der Waals surface area contributed by atoms with Gasteiger partial charge in [0.1, 0.15) is 5.82 Å². The number of alkyl halides is 3. The Hall–Kier alpha value is -0.810. The highest BCUT2D eigenvalue weighted by molar-refractivity contribution is 5.85. The highest BCUT2D eigenvalue weighted by atomic mass is 35.5. The summed E-state index contributed by atoms with van der Waals surface area (Å²) in [5, 5.41) is 0. The first-order valence-corrected chi connectivity index (χ1v) is 5.34. The molecule has 1 aromatic rings. The van der Waals surface area contributed by atoms with Crippen molar-refractivity contribution in [3.8, 4) is 0 Å². The zero-order chi connectivity index (χ0) is 13.2. The molecule has 0 aromatic heterocycles. The fourth-order valence-electron chi connectivity index (χ4n) is 1.64. The molecule has 104 valence electrons. The minimum absolute atomic E-state index is 0. The lowest BCUT2D eigenvalue weighted by atomic mass is 9.96. The van der Waals surface area contributed by atoms with Gasteiger partial charge in [-0.25, -0.2) is 4.39 Å². The molecule has 0 spiro atoms. The highest BCUT2D eigenvalue weighted by Crippen LogP contribution is 2.31. The standard InChI is InChI=1S/C12H15F4N.ClH/c1-7(2)5-11(17)9-4-3-8(6-10(9)13)12(14,15)16;/h3-4,6-7,11H,5,17H2,1-2H3;1H/t11-;/m0./s1. The third kappa shape index (κ3) is 4.46. The van der Waals surface area contributed by atoms with Crippen molar-refractivity contribution in [2.24, 2.45) is 11.7 Å². The van der Waals surface area contributed by atoms with Crippen molar-refractivity contribution < 1.29 is 17.6 Å². The van der Waals surface area contributed by atoms with E-state index in [4.69, 9.17) is 5.73 Å². The second kappa shape index (κ2) is 6.38. The number of rotatable bonds is 3. The summed E-state index contributed by atoms with van der Waals surface area (Å²) in [6.45, 7) is 3.84. The average Bonchev–Trinajstić information content (AvgIpc) is 2.14. The van der Waals surface area contributed by atoms with Crippen LogP contribution < -0.4 is 5.73 Å². The van der Waals surface area contributed by atoms with Crippen LogP contribution in [-0.4, -0.2) is 0 Å². The van der Waals surface area contributed by atoms with E-state index >= 15 is 0 Å². The van der Waals surface area contributed by atoms with E-state index < -0.39 is 23.6 Å². The van der Waals surface area contributed by atoms with E-state index in [-0.39, 0.29) is 23.9 Å². The predicted molar refractivity (Wildman–Crippen MR) is 65.0 cm³/mol. The van der Waals surface area contributed by atoms with Gasteiger partial charge in [0.2, 0.25) is 0 Å². The minimum Gasteiger partial charge on any atom is -0.324 e. The fraction of sp³-hybridized carbons (Fsp3) is 0.500. The van der Waals surface area contributed by atoms with Crippen molar-refractivity contribution in [3.63, 3.8) is 0 Å². The summed E-state index contributed by atoms with van der Waals surface area (Å²) in [4.78, 5) is 0. The molecule has 1 rings (SSSR count). The molecule has 0 unspecified atom stereocenters. The molecule has 0 aliphatic heterocycles. The van der Waals surface area contributed by atoms with E-state index in [9.17, 15) is 17.6 Å². The van der Waals surface area contributed by atoms with E-state index in [1.54, 1.807) is 0 Å². The second-order valence-electron chi connectivity index (χ2n) is 4.47. The number of halogens is 5. The molecule has 0 saturated heterocycles. The molecule has 0 amide bonds. The normalized spacial score (nSPS) is 13.3. The van der Waals surface area contributed by atoms with Crippen LogP contribution in [0.15, 0.2) is 18.2 Å². The molecule has 0 heterocycles. The van der Waals surface area contributed by atoms with Gasteiger partial charge in [0.15, 0.2) is 0 Å². The molecule has 0 radical (unpaired) electrons. The molecule has 1 atom stereocenters. The summed E-state index contributed by atoms with van der Waals surface area (Å²) in [6, 6.07) is 1.90. The van der Waals surface area contributed by atoms with Crippen LogP contribution in [0.3, 0.4) is 0 Å². The Bertz CT molecular complexity index is 390. The Morgan fingerprint density at radius 2 is 1.78 bits per heavy atom. The van der Waals surface area contributed by atoms with Crippen LogP contribution in [-0.2, 0) is 6.18 Å². The van der Waals surface area contributed by atoms with Gasteiger partial charge in [0.05, 0.1) is 5.56 Å². The Balaban J connectivity index is 0.00000289. The van der Waals surface area contributed by atoms with E-state index in [2.05, 4.69) is 0 Å². The lowest BCUT2D eigenvalue weighted by Gasteiger charge is -2.16. The number of hydrogen-bond acceptors (Lipinski definition) is 1. The maximum Gasteiger partial charge on any atom is 0.416 e. The summed E-state index contributed by atoms with van der Waals surface area (Å²) in [7, 11) is 0. The van der Waals surface area contributed by atoms with Crippen molar-refractivity contribution in [2.45, 2.75) is 32.5 Å². The fourth-order valence-corrected chi connectivity index (χ4v) is 1.64. The Morgan fingerprint density at radius 3 is 2.17 bits per heavy atom. The first-order valence-electron chi connectivity index (χ1n) is 5.34. The SMILES string of the molecule is CC(C)C[C@H](N)c1ccc(C(F)(F)F)cc1F.Cl. The maximum absolute atomic E-state index is 13.5. The molecule has 1 aromatic carbocycles. The lowest BCUT2D eigenvalue weighted by molar-refractivity contribution is -0.137. The van der Waals surface area contributed by atoms with Crippen LogP contribution in [0, 0.1) is 11.7 Å². The molecule has 1 nitrogen and oxygen atoms in total. The van der Waals surface area contributed by atoms with Crippen LogP contribution in [0.4, 0.5) is 17.6 Å². The van der Waals surface area contributed by atoms with Crippen LogP contribution in [0.2, 0.25) is 0 Å². The largest absolute Gasteiger partial charge is 0.416 e. The van der Waals surface area contributed by atoms with Crippen LogP contribution in [0.5, 0.6) is 0 Å². The third-order valence-electron chi connectivity index (χ3n) is 2.45. The molecule has 0 aliphatic carbocycles. The zero-order valence-electron chi connectivity index (χ0n) is 10.1. The van der Waals surface area contributed by atoms with E-state index in [1.807, 2.05) is 13.8 Å². The topological polar surface area (TPSA) is 26.0 Å². The molecule has 0 aliphatic rings. The number of hydrogen-bond donors (Lipinski definition) is 1. The molecule has 6 heteroatoms. The van der Waals surface area contributed by atoms with Gasteiger partial charge in [-0.3, -0.25) is 0 Å². The predicted octanol–water partition coefficient (Wildman–Crippen LogP) is 4.31. The average molecular weight is 286 g/mol. The van der Waals surface area contributed by atoms with Gasteiger partial charge >= 0.3 is 6.18 Å². The molecule has 0 bridgehead atoms. The second-order valence-corrected chi connectivity index (χ2v) is 4.47. The summed E-state index contributed by atoms with van der Waals surface area (Å²) >= 11 is 0. The van der Waals surface area contributed by atoms with Crippen LogP contribution in [0.25, 0.3) is 0 Å². The third-order valence-corrected chi connectivity index (χ3v) is 2.45. The van der Waals surface area contributed by atoms with Crippen molar-refractivity contribution >= 4 is 12.4 Å². The van der Waals surface area contributed by atoms with Gasteiger partial charge in [-0.1, -0.05) is 19.9 Å². The van der Waals surface area contributed by atoms with Gasteiger partial charge in [-0.15, -0.1) is 12.4 Å². The quantitative estimate of drug-likeness (QED) is 0.823. The Kier molecular flexibility index (Phi) is 6.10. The van der Waals surface area contributed by atoms with Gasteiger partial charge in [-0.05, 0) is 24.5 Å². The van der Waals surface area contributed by atoms with Crippen molar-refractivity contribution in [1.29, 1.82) is 0 Å². The van der Waals surface area contributed by atoms with Crippen LogP contribution >= 0.6 is 12.4 Å². The van der Waals surface area contributed by atoms with Gasteiger partial charge in [-0.2, -0.15) is 13.2 Å². The monoisotopic (exact) mass is 285 g/mol. The molecule has 18 heavy (non-hydrogen) atoms. The summed E-state index contributed by atoms with van der Waals surface area (Å²) in [5.74, 6) is -0.639. The first-order chi connectivity index (χ1) is 7.71. The molecular weight excluding hydrogens is 270 g/mol. The smallest absolute Gasteiger partial charge is 0.324 e. The summed E-state index contributed by atoms with van der Waals surface area (Å²) in [6.07, 6.45) is -4.00. The molecule has 0 fully saturated rings. The van der Waals surface area contributed by atoms with Crippen molar-refractivity contribution in [1.82, 2.24) is 0 Å². The summed E-state index contributed by atoms with van der Waals surface area (Å²) in [5.41, 5.74) is 4.88. The van der Waals surface area contributed by atoms with E-state index in [1.165, 1.54) is 0 Å². The van der Waals surface area contributed by atoms with Crippen molar-refractivity contribution in [3.05, 3.63) is 35.1 Å². The highest BCUT2D eigenvalue weighted by Gasteiger charge is 2.31. The molecular formula is C12H16ClF4N. The summed E-state index contributed by atoms with van der Waals surface area (Å²) < 4.78 is 50.4. The minimum atomic E-state index is -4.53. The van der Waals surface area contributed by atoms with E-state index in [0.29, 0.717) is 12.5 Å².